The van der Waals surface area contributed by atoms with E-state index in [0.29, 0.717) is 27.2 Å². The molecule has 0 radical (unpaired) electrons. The summed E-state index contributed by atoms with van der Waals surface area (Å²) in [5.74, 6) is 0.118. The summed E-state index contributed by atoms with van der Waals surface area (Å²) >= 11 is 6.64. The van der Waals surface area contributed by atoms with Crippen LogP contribution in [0.25, 0.3) is 11.7 Å². The molecule has 170 valence electrons. The largest absolute Gasteiger partial charge is 0.395 e. The number of nitrogens with zero attached hydrogens (tertiary/aromatic N) is 3. The molecule has 3 aromatic rings. The van der Waals surface area contributed by atoms with Crippen LogP contribution in [0, 0.1) is 6.92 Å². The van der Waals surface area contributed by atoms with Gasteiger partial charge in [-0.05, 0) is 43.0 Å². The van der Waals surface area contributed by atoms with E-state index in [1.807, 2.05) is 31.2 Å². The molecule has 4 rings (SSSR count). The number of anilines is 1. The molecule has 1 aromatic carbocycles. The Kier molecular flexibility index (Phi) is 7.22. The quantitative estimate of drug-likeness (QED) is 0.378. The van der Waals surface area contributed by atoms with Crippen molar-refractivity contribution in [1.82, 2.24) is 14.3 Å². The summed E-state index contributed by atoms with van der Waals surface area (Å²) in [7, 11) is 0. The van der Waals surface area contributed by atoms with Crippen LogP contribution in [0.4, 0.5) is 5.82 Å². The van der Waals surface area contributed by atoms with Crippen LogP contribution in [0.5, 0.6) is 0 Å². The van der Waals surface area contributed by atoms with Crippen LogP contribution in [0.15, 0.2) is 58.4 Å². The second-order valence-electron chi connectivity index (χ2n) is 7.69. The van der Waals surface area contributed by atoms with Gasteiger partial charge in [-0.25, -0.2) is 4.98 Å². The fraction of sp³-hybridized carbons (Fsp3) is 0.250. The molecule has 1 aliphatic heterocycles. The van der Waals surface area contributed by atoms with Crippen LogP contribution >= 0.6 is 24.0 Å². The van der Waals surface area contributed by atoms with Crippen LogP contribution < -0.4 is 10.9 Å². The molecule has 1 saturated heterocycles. The van der Waals surface area contributed by atoms with Gasteiger partial charge in [-0.1, -0.05) is 60.4 Å². The van der Waals surface area contributed by atoms with E-state index in [4.69, 9.17) is 12.2 Å². The molecular weight excluding hydrogens is 456 g/mol. The highest BCUT2D eigenvalue weighted by atomic mass is 32.2. The first-order chi connectivity index (χ1) is 16.0. The molecule has 2 aromatic heterocycles. The molecule has 1 fully saturated rings. The number of pyridine rings is 1. The smallest absolute Gasteiger partial charge is 0.267 e. The van der Waals surface area contributed by atoms with E-state index in [9.17, 15) is 14.7 Å². The van der Waals surface area contributed by atoms with Gasteiger partial charge in [-0.3, -0.25) is 18.9 Å². The number of hydrogen-bond acceptors (Lipinski definition) is 7. The molecule has 0 aliphatic carbocycles. The number of thiocarbonyl (C=S) groups is 1. The van der Waals surface area contributed by atoms with Gasteiger partial charge in [0.25, 0.3) is 11.5 Å². The molecule has 0 spiro atoms. The number of carbonyl (C=O) groups excluding carboxylic acids is 1. The number of aliphatic hydroxyl groups excluding tert-OH is 1. The van der Waals surface area contributed by atoms with E-state index in [-0.39, 0.29) is 30.2 Å². The maximum Gasteiger partial charge on any atom is 0.267 e. The number of thioether (sulfide) groups is 1. The lowest BCUT2D eigenvalue weighted by Gasteiger charge is -2.14. The second kappa shape index (κ2) is 10.3. The lowest BCUT2D eigenvalue weighted by molar-refractivity contribution is -0.122. The van der Waals surface area contributed by atoms with Gasteiger partial charge in [0.05, 0.1) is 17.1 Å². The third kappa shape index (κ3) is 5.16. The number of carbonyl (C=O) groups is 1. The normalized spacial score (nSPS) is 15.1. The Morgan fingerprint density at radius 3 is 2.73 bits per heavy atom. The van der Waals surface area contributed by atoms with Gasteiger partial charge in [-0.2, -0.15) is 0 Å². The van der Waals surface area contributed by atoms with Crippen molar-refractivity contribution in [3.63, 3.8) is 0 Å². The number of aliphatic hydroxyl groups is 1. The molecule has 0 saturated carbocycles. The predicted octanol–water partition coefficient (Wildman–Crippen LogP) is 3.24. The van der Waals surface area contributed by atoms with Crippen LogP contribution in [0.2, 0.25) is 0 Å². The highest BCUT2D eigenvalue weighted by Crippen LogP contribution is 2.33. The minimum atomic E-state index is -0.293. The van der Waals surface area contributed by atoms with Crippen molar-refractivity contribution in [2.24, 2.45) is 0 Å². The van der Waals surface area contributed by atoms with Gasteiger partial charge in [-0.15, -0.1) is 0 Å². The zero-order chi connectivity index (χ0) is 23.4. The average molecular weight is 481 g/mol. The molecule has 2 N–H and O–H groups in total. The Hall–Kier alpha value is -3.01. The second-order valence-corrected chi connectivity index (χ2v) is 9.36. The van der Waals surface area contributed by atoms with Gasteiger partial charge in [0.1, 0.15) is 15.8 Å². The van der Waals surface area contributed by atoms with Crippen molar-refractivity contribution >= 4 is 51.7 Å². The molecule has 3 heterocycles. The van der Waals surface area contributed by atoms with Crippen molar-refractivity contribution in [2.45, 2.75) is 19.8 Å². The Bertz CT molecular complexity index is 1290. The predicted molar refractivity (Wildman–Crippen MR) is 136 cm³/mol. The number of hydrogen-bond donors (Lipinski definition) is 2. The maximum atomic E-state index is 13.3. The van der Waals surface area contributed by atoms with Crippen LogP contribution in [0.3, 0.4) is 0 Å². The van der Waals surface area contributed by atoms with Crippen molar-refractivity contribution in [3.8, 4) is 0 Å². The summed E-state index contributed by atoms with van der Waals surface area (Å²) in [6, 6.07) is 13.7. The van der Waals surface area contributed by atoms with E-state index >= 15 is 0 Å². The van der Waals surface area contributed by atoms with Gasteiger partial charge < -0.3 is 10.4 Å². The molecule has 1 aliphatic rings. The average Bonchev–Trinajstić information content (AvgIpc) is 3.08. The highest BCUT2D eigenvalue weighted by molar-refractivity contribution is 8.26. The fourth-order valence-corrected chi connectivity index (χ4v) is 4.90. The summed E-state index contributed by atoms with van der Waals surface area (Å²) in [4.78, 5) is 32.8. The first kappa shape index (κ1) is 23.2. The standard InChI is InChI=1S/C24H24N4O3S2/c1-16-9-10-20-26-21(25-11-13-29)18(22(30)28(20)15-16)14-19-23(31)27(24(32)33-19)12-5-8-17-6-3-2-4-7-17/h2-4,6-7,9-10,14-15,25,29H,5,8,11-13H2,1H3. The SMILES string of the molecule is Cc1ccc2nc(NCCO)c(C=C3SC(=S)N(CCCc4ccccc4)C3=O)c(=O)n2c1. The lowest BCUT2D eigenvalue weighted by atomic mass is 10.1. The van der Waals surface area contributed by atoms with E-state index < -0.39 is 0 Å². The van der Waals surface area contributed by atoms with Crippen molar-refractivity contribution in [3.05, 3.63) is 80.6 Å². The number of aromatic nitrogens is 2. The number of nitrogens with one attached hydrogen (secondary N) is 1. The summed E-state index contributed by atoms with van der Waals surface area (Å²) in [6.45, 7) is 2.53. The zero-order valence-electron chi connectivity index (χ0n) is 18.2. The Labute approximate surface area is 201 Å². The molecule has 1 amide bonds. The Morgan fingerprint density at radius 1 is 1.18 bits per heavy atom. The summed E-state index contributed by atoms with van der Waals surface area (Å²) in [5.41, 5.74) is 2.58. The number of rotatable bonds is 8. The summed E-state index contributed by atoms with van der Waals surface area (Å²) in [6.07, 6.45) is 4.90. The molecule has 33 heavy (non-hydrogen) atoms. The number of benzene rings is 1. The topological polar surface area (TPSA) is 86.9 Å². The van der Waals surface area contributed by atoms with Gasteiger partial charge in [0.2, 0.25) is 0 Å². The number of fused-ring (bicyclic) bond motifs is 1. The van der Waals surface area contributed by atoms with Crippen LogP contribution in [0.1, 0.15) is 23.1 Å². The van der Waals surface area contributed by atoms with Crippen molar-refractivity contribution < 1.29 is 9.90 Å². The zero-order valence-corrected chi connectivity index (χ0v) is 19.8. The molecule has 0 atom stereocenters. The monoisotopic (exact) mass is 480 g/mol. The highest BCUT2D eigenvalue weighted by Gasteiger charge is 2.32. The third-order valence-corrected chi connectivity index (χ3v) is 6.63. The Morgan fingerprint density at radius 2 is 1.97 bits per heavy atom. The van der Waals surface area contributed by atoms with Crippen LogP contribution in [-0.4, -0.2) is 49.3 Å². The van der Waals surface area contributed by atoms with Crippen molar-refractivity contribution in [2.75, 3.05) is 25.0 Å². The molecule has 0 bridgehead atoms. The fourth-order valence-electron chi connectivity index (χ4n) is 3.61. The first-order valence-corrected chi connectivity index (χ1v) is 11.9. The van der Waals surface area contributed by atoms with Crippen molar-refractivity contribution in [1.29, 1.82) is 0 Å². The van der Waals surface area contributed by atoms with E-state index in [1.54, 1.807) is 23.2 Å². The van der Waals surface area contributed by atoms with E-state index in [2.05, 4.69) is 22.4 Å². The number of aryl methyl sites for hydroxylation is 2. The minimum Gasteiger partial charge on any atom is -0.395 e. The summed E-state index contributed by atoms with van der Waals surface area (Å²) < 4.78 is 1.94. The van der Waals surface area contributed by atoms with E-state index in [1.165, 1.54) is 21.7 Å². The van der Waals surface area contributed by atoms with Crippen LogP contribution in [-0.2, 0) is 11.2 Å². The molecular formula is C24H24N4O3S2. The molecule has 9 heteroatoms. The lowest BCUT2D eigenvalue weighted by Crippen LogP contribution is -2.29. The third-order valence-electron chi connectivity index (χ3n) is 5.25. The van der Waals surface area contributed by atoms with Gasteiger partial charge in [0, 0.05) is 19.3 Å². The van der Waals surface area contributed by atoms with E-state index in [0.717, 1.165) is 18.4 Å². The molecule has 0 unspecified atom stereocenters. The first-order valence-electron chi connectivity index (χ1n) is 10.6. The van der Waals surface area contributed by atoms with Gasteiger partial charge >= 0.3 is 0 Å². The number of amides is 1. The molecule has 7 nitrogen and oxygen atoms in total. The Balaban J connectivity index is 1.61. The summed E-state index contributed by atoms with van der Waals surface area (Å²) in [5, 5.41) is 12.2. The van der Waals surface area contributed by atoms with Gasteiger partial charge in [0.15, 0.2) is 0 Å². The maximum absolute atomic E-state index is 13.3. The minimum absolute atomic E-state index is 0.113.